The van der Waals surface area contributed by atoms with E-state index in [2.05, 4.69) is 30.0 Å². The van der Waals surface area contributed by atoms with Crippen molar-refractivity contribution in [3.8, 4) is 0 Å². The number of hydrogen-bond acceptors (Lipinski definition) is 6. The predicted molar refractivity (Wildman–Crippen MR) is 116 cm³/mol. The van der Waals surface area contributed by atoms with E-state index in [9.17, 15) is 23.1 Å². The fourth-order valence-electron chi connectivity index (χ4n) is 3.65. The molecule has 0 saturated heterocycles. The number of thioether (sulfide) groups is 1. The number of aliphatic hydroxyl groups is 1. The third kappa shape index (κ3) is 5.10. The lowest BCUT2D eigenvalue weighted by Gasteiger charge is -2.34. The number of hydrogen-bond donors (Lipinski definition) is 2. The molecule has 0 bridgehead atoms. The minimum absolute atomic E-state index is 0.0677. The van der Waals surface area contributed by atoms with Crippen LogP contribution < -0.4 is 5.32 Å². The minimum atomic E-state index is -1.77. The number of halogens is 3. The fourth-order valence-corrected chi connectivity index (χ4v) is 5.73. The van der Waals surface area contributed by atoms with E-state index in [-0.39, 0.29) is 24.1 Å². The summed E-state index contributed by atoms with van der Waals surface area (Å²) in [7, 11) is -1.25. The summed E-state index contributed by atoms with van der Waals surface area (Å²) in [6.45, 7) is 5.58. The van der Waals surface area contributed by atoms with Gasteiger partial charge in [0.2, 0.25) is 0 Å². The molecule has 6 nitrogen and oxygen atoms in total. The maximum Gasteiger partial charge on any atom is 0.416 e. The maximum absolute atomic E-state index is 14.5. The summed E-state index contributed by atoms with van der Waals surface area (Å²) < 4.78 is 52.4. The highest BCUT2D eigenvalue weighted by Gasteiger charge is 2.69. The zero-order valence-electron chi connectivity index (χ0n) is 17.7. The number of carbonyl (C=O) groups excluding carboxylic acids is 1. The van der Waals surface area contributed by atoms with Gasteiger partial charge in [-0.05, 0) is 18.5 Å². The number of alkyl carbamates (subject to hydrolysis) is 1. The Bertz CT molecular complexity index is 869. The van der Waals surface area contributed by atoms with E-state index in [0.29, 0.717) is 13.0 Å². The number of amides is 1. The summed E-state index contributed by atoms with van der Waals surface area (Å²) >= 11 is 1.00. The Hall–Kier alpha value is -1.56. The Morgan fingerprint density at radius 1 is 1.39 bits per heavy atom. The van der Waals surface area contributed by atoms with Crippen LogP contribution in [0.3, 0.4) is 0 Å². The SMILES string of the molecule is C[Si](C)(C)CCOCNC(=O)OC1=N[C@](CF)(c2cccc(F)c2F)[C@@H]2C[C@]2(CO)S1. The highest BCUT2D eigenvalue weighted by atomic mass is 32.2. The molecule has 1 aromatic rings. The molecule has 2 aliphatic rings. The van der Waals surface area contributed by atoms with E-state index < -0.39 is 48.7 Å². The third-order valence-corrected chi connectivity index (χ3v) is 8.61. The molecule has 1 aromatic carbocycles. The van der Waals surface area contributed by atoms with Gasteiger partial charge >= 0.3 is 6.09 Å². The van der Waals surface area contributed by atoms with Gasteiger partial charge in [-0.1, -0.05) is 43.5 Å². The number of carbonyl (C=O) groups is 1. The Morgan fingerprint density at radius 2 is 2.13 bits per heavy atom. The average Bonchev–Trinajstić information content (AvgIpc) is 3.44. The molecular formula is C20H27F3N2O4SSi. The number of ether oxygens (including phenoxy) is 2. The molecular weight excluding hydrogens is 449 g/mol. The van der Waals surface area contributed by atoms with Crippen molar-refractivity contribution in [2.75, 3.05) is 26.6 Å². The highest BCUT2D eigenvalue weighted by molar-refractivity contribution is 8.15. The van der Waals surface area contributed by atoms with Gasteiger partial charge in [0.15, 0.2) is 11.6 Å². The predicted octanol–water partition coefficient (Wildman–Crippen LogP) is 4.02. The van der Waals surface area contributed by atoms with Gasteiger partial charge in [0.05, 0.1) is 11.4 Å². The Morgan fingerprint density at radius 3 is 2.77 bits per heavy atom. The second-order valence-corrected chi connectivity index (χ2v) is 16.0. The summed E-state index contributed by atoms with van der Waals surface area (Å²) in [5, 5.41) is 12.1. The first-order chi connectivity index (χ1) is 14.6. The van der Waals surface area contributed by atoms with Crippen molar-refractivity contribution >= 4 is 31.2 Å². The molecule has 3 atom stereocenters. The van der Waals surface area contributed by atoms with E-state index in [0.717, 1.165) is 23.9 Å². The van der Waals surface area contributed by atoms with E-state index in [1.54, 1.807) is 0 Å². The molecule has 11 heteroatoms. The maximum atomic E-state index is 14.5. The van der Waals surface area contributed by atoms with Crippen LogP contribution in [0.25, 0.3) is 0 Å². The van der Waals surface area contributed by atoms with E-state index in [1.807, 2.05) is 0 Å². The molecule has 1 heterocycles. The monoisotopic (exact) mass is 476 g/mol. The van der Waals surface area contributed by atoms with Gasteiger partial charge < -0.3 is 14.6 Å². The fraction of sp³-hybridized carbons (Fsp3) is 0.600. The lowest BCUT2D eigenvalue weighted by atomic mass is 9.85. The summed E-state index contributed by atoms with van der Waals surface area (Å²) in [4.78, 5) is 16.4. The second-order valence-electron chi connectivity index (χ2n) is 9.05. The van der Waals surface area contributed by atoms with Crippen LogP contribution in [0.2, 0.25) is 25.7 Å². The number of nitrogens with zero attached hydrogens (tertiary/aromatic N) is 1. The number of rotatable bonds is 8. The summed E-state index contributed by atoms with van der Waals surface area (Å²) in [6.07, 6.45) is -0.537. The molecule has 1 aliphatic heterocycles. The van der Waals surface area contributed by atoms with Crippen molar-refractivity contribution in [2.24, 2.45) is 10.9 Å². The van der Waals surface area contributed by atoms with E-state index in [1.165, 1.54) is 12.1 Å². The molecule has 1 fully saturated rings. The molecule has 31 heavy (non-hydrogen) atoms. The van der Waals surface area contributed by atoms with Crippen LogP contribution in [0.5, 0.6) is 0 Å². The summed E-state index contributed by atoms with van der Waals surface area (Å²) in [5.41, 5.74) is -2.03. The van der Waals surface area contributed by atoms with Crippen molar-refractivity contribution in [3.63, 3.8) is 0 Å². The van der Waals surface area contributed by atoms with Gasteiger partial charge in [-0.15, -0.1) is 0 Å². The average molecular weight is 477 g/mol. The number of benzene rings is 1. The van der Waals surface area contributed by atoms with Crippen LogP contribution in [-0.2, 0) is 15.0 Å². The number of fused-ring (bicyclic) bond motifs is 1. The molecule has 1 aliphatic carbocycles. The Kier molecular flexibility index (Phi) is 7.09. The number of alkyl halides is 1. The van der Waals surface area contributed by atoms with Crippen LogP contribution in [0.1, 0.15) is 12.0 Å². The molecule has 2 N–H and O–H groups in total. The topological polar surface area (TPSA) is 80.2 Å². The standard InChI is InChI=1S/C20H27F3N2O4SSi/c1-31(2,3)8-7-28-12-24-17(27)29-18-25-20(10-21,15-9-19(15,11-26)30-18)13-5-4-6-14(22)16(13)23/h4-6,15,26H,7-12H2,1-3H3,(H,24,27)/t15-,19-,20-/m1/s1. The van der Waals surface area contributed by atoms with Crippen LogP contribution >= 0.6 is 11.8 Å². The molecule has 0 unspecified atom stereocenters. The molecule has 3 rings (SSSR count). The first-order valence-electron chi connectivity index (χ1n) is 10.0. The van der Waals surface area contributed by atoms with Crippen molar-refractivity contribution in [1.82, 2.24) is 5.32 Å². The molecule has 0 aromatic heterocycles. The minimum Gasteiger partial charge on any atom is -0.395 e. The van der Waals surface area contributed by atoms with Gasteiger partial charge in [-0.3, -0.25) is 5.32 Å². The van der Waals surface area contributed by atoms with Gasteiger partial charge in [-0.2, -0.15) is 0 Å². The van der Waals surface area contributed by atoms with Crippen molar-refractivity contribution in [1.29, 1.82) is 0 Å². The van der Waals surface area contributed by atoms with Gasteiger partial charge in [-0.25, -0.2) is 23.0 Å². The van der Waals surface area contributed by atoms with Crippen LogP contribution in [0.15, 0.2) is 23.2 Å². The van der Waals surface area contributed by atoms with Gasteiger partial charge in [0.1, 0.15) is 18.9 Å². The quantitative estimate of drug-likeness (QED) is 0.337. The summed E-state index contributed by atoms with van der Waals surface area (Å²) in [6, 6.07) is 4.41. The number of nitrogens with one attached hydrogen (secondary N) is 1. The third-order valence-electron chi connectivity index (χ3n) is 5.57. The molecule has 172 valence electrons. The van der Waals surface area contributed by atoms with Gasteiger partial charge in [0.25, 0.3) is 5.23 Å². The van der Waals surface area contributed by atoms with Gasteiger partial charge in [0, 0.05) is 26.2 Å². The van der Waals surface area contributed by atoms with E-state index in [4.69, 9.17) is 9.47 Å². The summed E-state index contributed by atoms with van der Waals surface area (Å²) in [5.74, 6) is -2.88. The zero-order valence-corrected chi connectivity index (χ0v) is 19.5. The number of aliphatic hydroxyl groups excluding tert-OH is 1. The lowest BCUT2D eigenvalue weighted by Crippen LogP contribution is -2.41. The normalized spacial score (nSPS) is 27.3. The number of aliphatic imine (C=N–C) groups is 1. The van der Waals surface area contributed by atoms with Crippen molar-refractivity contribution in [3.05, 3.63) is 35.4 Å². The highest BCUT2D eigenvalue weighted by Crippen LogP contribution is 2.66. The Labute approximate surface area is 184 Å². The molecule has 1 saturated carbocycles. The first-order valence-corrected chi connectivity index (χ1v) is 14.5. The second kappa shape index (κ2) is 9.12. The smallest absolute Gasteiger partial charge is 0.395 e. The van der Waals surface area contributed by atoms with E-state index >= 15 is 0 Å². The molecule has 1 amide bonds. The lowest BCUT2D eigenvalue weighted by molar-refractivity contribution is 0.120. The first kappa shape index (κ1) is 24.1. The van der Waals surface area contributed by atoms with Crippen LogP contribution in [0.4, 0.5) is 18.0 Å². The van der Waals surface area contributed by atoms with Crippen molar-refractivity contribution < 1.29 is 32.5 Å². The largest absolute Gasteiger partial charge is 0.416 e. The zero-order chi connectivity index (χ0) is 22.9. The Balaban J connectivity index is 1.74. The van der Waals surface area contributed by atoms with Crippen molar-refractivity contribution in [2.45, 2.75) is 42.4 Å². The molecule has 0 spiro atoms. The van der Waals surface area contributed by atoms with Crippen LogP contribution in [-0.4, -0.2) is 55.9 Å². The molecule has 0 radical (unpaired) electrons. The van der Waals surface area contributed by atoms with Crippen LogP contribution in [0, 0.1) is 17.6 Å².